The molecule has 3 atom stereocenters. The van der Waals surface area contributed by atoms with E-state index in [2.05, 4.69) is 0 Å². The third-order valence-electron chi connectivity index (χ3n) is 2.30. The van der Waals surface area contributed by atoms with E-state index in [1.807, 2.05) is 0 Å². The minimum atomic E-state index is -0.831. The van der Waals surface area contributed by atoms with Crippen molar-refractivity contribution in [3.63, 3.8) is 0 Å². The minimum Gasteiger partial charge on any atom is -0.434 e. The maximum Gasteiger partial charge on any atom is 0.328 e. The second-order valence-corrected chi connectivity index (χ2v) is 2.99. The number of fused-ring (bicyclic) bond motifs is 1. The van der Waals surface area contributed by atoms with Crippen LogP contribution in [0.2, 0.25) is 0 Å². The Morgan fingerprint density at radius 2 is 2.31 bits per heavy atom. The lowest BCUT2D eigenvalue weighted by Gasteiger charge is -2.09. The fraction of sp³-hybridized carbons (Fsp3) is 0.714. The summed E-state index contributed by atoms with van der Waals surface area (Å²) in [5, 5.41) is 11.0. The molecule has 2 heterocycles. The molecule has 0 aromatic rings. The molecule has 0 bridgehead atoms. The number of rotatable bonds is 1. The molecule has 0 aliphatic carbocycles. The summed E-state index contributed by atoms with van der Waals surface area (Å²) in [5.74, 6) is -0.954. The lowest BCUT2D eigenvalue weighted by atomic mass is 10.0. The molecule has 1 fully saturated rings. The van der Waals surface area contributed by atoms with Gasteiger partial charge in [-0.2, -0.15) is 0 Å². The van der Waals surface area contributed by atoms with Crippen molar-refractivity contribution in [2.24, 2.45) is 5.92 Å². The molecule has 0 radical (unpaired) electrons. The number of nitrogens with zero attached hydrogens (tertiary/aromatic N) is 1. The Morgan fingerprint density at radius 3 is 2.92 bits per heavy atom. The molecule has 0 aromatic carbocycles. The highest BCUT2D eigenvalue weighted by atomic mass is 16.9. The summed E-state index contributed by atoms with van der Waals surface area (Å²) in [7, 11) is 1.42. The molecule has 13 heavy (non-hydrogen) atoms. The maximum absolute atomic E-state index is 11.1. The van der Waals surface area contributed by atoms with E-state index in [9.17, 15) is 10.0 Å². The van der Waals surface area contributed by atoms with Gasteiger partial charge in [-0.25, -0.2) is 0 Å². The largest absolute Gasteiger partial charge is 0.434 e. The van der Waals surface area contributed by atoms with Crippen molar-refractivity contribution in [3.05, 3.63) is 5.21 Å². The van der Waals surface area contributed by atoms with Gasteiger partial charge in [-0.1, -0.05) is 0 Å². The van der Waals surface area contributed by atoms with Crippen molar-refractivity contribution in [1.82, 2.24) is 0 Å². The number of hydrogen-bond acceptors (Lipinski definition) is 5. The molecule has 6 heteroatoms. The second-order valence-electron chi connectivity index (χ2n) is 2.99. The standard InChI is InChI=1S/C7H9NO5/c1-3-4-5(13-8(3)10)6(9)12-7(4)11-2/h4-5,7H,1-2H3/t4-,5-,7-/m1/s1. The van der Waals surface area contributed by atoms with Gasteiger partial charge in [-0.3, -0.25) is 10.0 Å². The van der Waals surface area contributed by atoms with Crippen LogP contribution in [-0.4, -0.2) is 36.1 Å². The summed E-state index contributed by atoms with van der Waals surface area (Å²) in [4.78, 5) is 16.2. The van der Waals surface area contributed by atoms with Gasteiger partial charge in [0.1, 0.15) is 5.92 Å². The molecule has 2 aliphatic rings. The van der Waals surface area contributed by atoms with E-state index >= 15 is 0 Å². The Bertz CT molecular complexity index is 287. The van der Waals surface area contributed by atoms with Gasteiger partial charge in [0, 0.05) is 18.9 Å². The van der Waals surface area contributed by atoms with Crippen LogP contribution in [0.5, 0.6) is 0 Å². The molecular weight excluding hydrogens is 178 g/mol. The predicted octanol–water partition coefficient (Wildman–Crippen LogP) is -0.583. The van der Waals surface area contributed by atoms with Crippen molar-refractivity contribution in [2.45, 2.75) is 19.3 Å². The predicted molar refractivity (Wildman–Crippen MR) is 39.6 cm³/mol. The van der Waals surface area contributed by atoms with E-state index in [0.29, 0.717) is 10.6 Å². The van der Waals surface area contributed by atoms with E-state index in [1.165, 1.54) is 7.11 Å². The van der Waals surface area contributed by atoms with Crippen molar-refractivity contribution >= 4 is 11.7 Å². The van der Waals surface area contributed by atoms with Crippen LogP contribution in [-0.2, 0) is 19.1 Å². The Balaban J connectivity index is 2.29. The first-order valence-corrected chi connectivity index (χ1v) is 3.86. The normalized spacial score (nSPS) is 37.4. The van der Waals surface area contributed by atoms with Crippen LogP contribution in [0.3, 0.4) is 0 Å². The minimum absolute atomic E-state index is 0.349. The van der Waals surface area contributed by atoms with Gasteiger partial charge in [-0.05, 0) is 0 Å². The van der Waals surface area contributed by atoms with Crippen LogP contribution >= 0.6 is 0 Å². The van der Waals surface area contributed by atoms with Gasteiger partial charge in [0.05, 0.1) is 0 Å². The lowest BCUT2D eigenvalue weighted by molar-refractivity contribution is -0.737. The molecular formula is C7H9NO5. The van der Waals surface area contributed by atoms with Gasteiger partial charge in [0.2, 0.25) is 12.0 Å². The number of carbonyl (C=O) groups is 1. The molecule has 0 unspecified atom stereocenters. The summed E-state index contributed by atoms with van der Waals surface area (Å²) >= 11 is 0. The number of cyclic esters (lactones) is 1. The molecule has 0 aromatic heterocycles. The van der Waals surface area contributed by atoms with E-state index in [4.69, 9.17) is 14.3 Å². The Morgan fingerprint density at radius 1 is 1.62 bits per heavy atom. The molecule has 0 N–H and O–H groups in total. The van der Waals surface area contributed by atoms with Crippen molar-refractivity contribution in [3.8, 4) is 0 Å². The lowest BCUT2D eigenvalue weighted by Crippen LogP contribution is -2.28. The van der Waals surface area contributed by atoms with Gasteiger partial charge in [-0.15, -0.1) is 0 Å². The first-order chi connectivity index (χ1) is 6.15. The van der Waals surface area contributed by atoms with E-state index in [1.54, 1.807) is 6.92 Å². The molecule has 2 rings (SSSR count). The van der Waals surface area contributed by atoms with Crippen LogP contribution in [0.4, 0.5) is 0 Å². The smallest absolute Gasteiger partial charge is 0.328 e. The van der Waals surface area contributed by atoms with Crippen molar-refractivity contribution in [1.29, 1.82) is 0 Å². The molecule has 0 spiro atoms. The van der Waals surface area contributed by atoms with Crippen LogP contribution < -0.4 is 0 Å². The topological polar surface area (TPSA) is 70.8 Å². The first-order valence-electron chi connectivity index (χ1n) is 3.86. The highest BCUT2D eigenvalue weighted by Crippen LogP contribution is 2.31. The summed E-state index contributed by atoms with van der Waals surface area (Å²) in [6, 6.07) is 0. The van der Waals surface area contributed by atoms with Crippen LogP contribution in [0, 0.1) is 11.1 Å². The Labute approximate surface area is 74.2 Å². The van der Waals surface area contributed by atoms with Crippen LogP contribution in [0.25, 0.3) is 0 Å². The maximum atomic E-state index is 11.1. The van der Waals surface area contributed by atoms with E-state index in [0.717, 1.165) is 0 Å². The van der Waals surface area contributed by atoms with Gasteiger partial charge >= 0.3 is 5.97 Å². The highest BCUT2D eigenvalue weighted by molar-refractivity contribution is 5.91. The molecule has 0 amide bonds. The zero-order valence-electron chi connectivity index (χ0n) is 7.22. The summed E-state index contributed by atoms with van der Waals surface area (Å²) in [6.07, 6.45) is -1.53. The summed E-state index contributed by atoms with van der Waals surface area (Å²) in [6.45, 7) is 1.59. The van der Waals surface area contributed by atoms with Crippen LogP contribution in [0.1, 0.15) is 6.92 Å². The monoisotopic (exact) mass is 187 g/mol. The van der Waals surface area contributed by atoms with Gasteiger partial charge in [0.15, 0.2) is 6.10 Å². The molecule has 2 aliphatic heterocycles. The molecule has 1 saturated heterocycles. The Hall–Kier alpha value is -1.30. The SMILES string of the molecule is CO[C@@H]1OC(=O)[C@@H]2O[N+]([O-])=C(C)[C@@H]12. The quantitative estimate of drug-likeness (QED) is 0.405. The second kappa shape index (κ2) is 2.59. The molecule has 0 saturated carbocycles. The van der Waals surface area contributed by atoms with Gasteiger partial charge in [0.25, 0.3) is 0 Å². The number of esters is 1. The Kier molecular flexibility index (Phi) is 1.66. The van der Waals surface area contributed by atoms with Crippen LogP contribution in [0.15, 0.2) is 0 Å². The van der Waals surface area contributed by atoms with Crippen molar-refractivity contribution in [2.75, 3.05) is 7.11 Å². The number of hydrogen-bond donors (Lipinski definition) is 0. The molecule has 72 valence electrons. The fourth-order valence-electron chi connectivity index (χ4n) is 1.57. The van der Waals surface area contributed by atoms with E-state index in [-0.39, 0.29) is 0 Å². The van der Waals surface area contributed by atoms with E-state index < -0.39 is 24.3 Å². The molecule has 6 nitrogen and oxygen atoms in total. The third-order valence-corrected chi connectivity index (χ3v) is 2.30. The number of methoxy groups -OCH3 is 1. The third kappa shape index (κ3) is 0.983. The average molecular weight is 187 g/mol. The first kappa shape index (κ1) is 8.31. The number of carbonyl (C=O) groups excluding carboxylic acids is 1. The number of ether oxygens (including phenoxy) is 2. The summed E-state index contributed by atoms with van der Waals surface area (Å²) in [5.41, 5.74) is 0.405. The fourth-order valence-corrected chi connectivity index (χ4v) is 1.57. The van der Waals surface area contributed by atoms with Crippen molar-refractivity contribution < 1.29 is 24.0 Å². The summed E-state index contributed by atoms with van der Waals surface area (Å²) < 4.78 is 9.73. The van der Waals surface area contributed by atoms with Gasteiger partial charge < -0.3 is 14.3 Å². The zero-order valence-corrected chi connectivity index (χ0v) is 7.22. The zero-order chi connectivity index (χ0) is 9.59. The highest BCUT2D eigenvalue weighted by Gasteiger charge is 2.54. The average Bonchev–Trinajstić information content (AvgIpc) is 2.55.